The SMILES string of the molecule is c1csc(CNC2C3CCN(CC3)C2Cc2ccc(C3CCCCC3)cc2)c1. The molecule has 3 saturated heterocycles. The molecule has 1 aromatic carbocycles. The van der Waals surface area contributed by atoms with Gasteiger partial charge in [-0.25, -0.2) is 0 Å². The van der Waals surface area contributed by atoms with Gasteiger partial charge in [-0.15, -0.1) is 11.3 Å². The summed E-state index contributed by atoms with van der Waals surface area (Å²) >= 11 is 1.88. The minimum absolute atomic E-state index is 0.641. The smallest absolute Gasteiger partial charge is 0.0303 e. The first-order valence-electron chi connectivity index (χ1n) is 11.5. The molecule has 1 saturated carbocycles. The van der Waals surface area contributed by atoms with Gasteiger partial charge in [0.1, 0.15) is 0 Å². The number of piperidine rings is 3. The van der Waals surface area contributed by atoms with E-state index in [0.29, 0.717) is 12.1 Å². The van der Waals surface area contributed by atoms with E-state index in [-0.39, 0.29) is 0 Å². The molecule has 1 aromatic heterocycles. The van der Waals surface area contributed by atoms with Crippen LogP contribution < -0.4 is 5.32 Å². The van der Waals surface area contributed by atoms with Gasteiger partial charge in [-0.2, -0.15) is 0 Å². The molecule has 4 fully saturated rings. The Morgan fingerprint density at radius 1 is 0.929 bits per heavy atom. The number of rotatable bonds is 6. The van der Waals surface area contributed by atoms with Crippen molar-refractivity contribution in [2.24, 2.45) is 5.92 Å². The van der Waals surface area contributed by atoms with E-state index in [1.54, 1.807) is 5.56 Å². The second kappa shape index (κ2) is 8.69. The number of thiophene rings is 1. The molecule has 2 bridgehead atoms. The van der Waals surface area contributed by atoms with E-state index in [9.17, 15) is 0 Å². The van der Waals surface area contributed by atoms with Crippen molar-refractivity contribution in [3.63, 3.8) is 0 Å². The van der Waals surface area contributed by atoms with Crippen molar-refractivity contribution in [1.82, 2.24) is 10.2 Å². The van der Waals surface area contributed by atoms with E-state index < -0.39 is 0 Å². The van der Waals surface area contributed by atoms with E-state index in [2.05, 4.69) is 52.0 Å². The number of hydrogen-bond donors (Lipinski definition) is 1. The lowest BCUT2D eigenvalue weighted by Gasteiger charge is -2.51. The Labute approximate surface area is 174 Å². The second-order valence-electron chi connectivity index (χ2n) is 9.21. The van der Waals surface area contributed by atoms with E-state index in [1.165, 1.54) is 74.9 Å². The van der Waals surface area contributed by atoms with Crippen molar-refractivity contribution >= 4 is 11.3 Å². The van der Waals surface area contributed by atoms with Crippen molar-refractivity contribution in [1.29, 1.82) is 0 Å². The Balaban J connectivity index is 1.26. The van der Waals surface area contributed by atoms with Gasteiger partial charge in [0, 0.05) is 23.5 Å². The fraction of sp³-hybridized carbons (Fsp3) is 0.600. The first-order chi connectivity index (χ1) is 13.9. The first kappa shape index (κ1) is 18.8. The van der Waals surface area contributed by atoms with Crippen molar-refractivity contribution < 1.29 is 0 Å². The number of hydrogen-bond acceptors (Lipinski definition) is 3. The van der Waals surface area contributed by atoms with Crippen LogP contribution in [0.4, 0.5) is 0 Å². The summed E-state index contributed by atoms with van der Waals surface area (Å²) in [5.74, 6) is 1.67. The molecule has 4 heterocycles. The van der Waals surface area contributed by atoms with Crippen LogP contribution in [-0.2, 0) is 13.0 Å². The minimum Gasteiger partial charge on any atom is -0.307 e. The quantitative estimate of drug-likeness (QED) is 0.687. The van der Waals surface area contributed by atoms with Crippen LogP contribution in [0, 0.1) is 5.92 Å². The zero-order valence-corrected chi connectivity index (χ0v) is 17.8. The Morgan fingerprint density at radius 3 is 2.43 bits per heavy atom. The first-order valence-corrected chi connectivity index (χ1v) is 12.3. The molecule has 2 unspecified atom stereocenters. The summed E-state index contributed by atoms with van der Waals surface area (Å²) in [5, 5.41) is 6.15. The largest absolute Gasteiger partial charge is 0.307 e. The van der Waals surface area contributed by atoms with Crippen LogP contribution in [0.25, 0.3) is 0 Å². The summed E-state index contributed by atoms with van der Waals surface area (Å²) in [7, 11) is 0. The lowest BCUT2D eigenvalue weighted by atomic mass is 9.76. The third kappa shape index (κ3) is 4.08. The van der Waals surface area contributed by atoms with Crippen molar-refractivity contribution in [3.8, 4) is 0 Å². The minimum atomic E-state index is 0.641. The Kier molecular flexibility index (Phi) is 5.85. The van der Waals surface area contributed by atoms with Crippen LogP contribution in [0.1, 0.15) is 66.9 Å². The predicted octanol–water partition coefficient (Wildman–Crippen LogP) is 5.59. The molecule has 1 aliphatic carbocycles. The highest BCUT2D eigenvalue weighted by atomic mass is 32.1. The van der Waals surface area contributed by atoms with Gasteiger partial charge in [-0.3, -0.25) is 4.90 Å². The summed E-state index contributed by atoms with van der Waals surface area (Å²) in [6.45, 7) is 3.63. The fourth-order valence-corrected chi connectivity index (χ4v) is 6.60. The van der Waals surface area contributed by atoms with Gasteiger partial charge in [0.15, 0.2) is 0 Å². The Morgan fingerprint density at radius 2 is 1.71 bits per heavy atom. The highest BCUT2D eigenvalue weighted by Gasteiger charge is 2.41. The molecule has 28 heavy (non-hydrogen) atoms. The standard InChI is InChI=1S/C25H34N2S/c1-2-5-20(6-3-1)21-10-8-19(9-11-21)17-24-25(22-12-14-27(24)15-13-22)26-18-23-7-4-16-28-23/h4,7-11,16,20,22,24-26H,1-3,5-6,12-15,17-18H2. The molecule has 0 radical (unpaired) electrons. The number of benzene rings is 1. The lowest BCUT2D eigenvalue weighted by molar-refractivity contribution is 0.0128. The highest BCUT2D eigenvalue weighted by Crippen LogP contribution is 2.35. The number of nitrogens with zero attached hydrogens (tertiary/aromatic N) is 1. The Bertz CT molecular complexity index is 724. The topological polar surface area (TPSA) is 15.3 Å². The molecule has 0 spiro atoms. The molecular formula is C25H34N2S. The van der Waals surface area contributed by atoms with Crippen molar-refractivity contribution in [2.45, 2.75) is 75.9 Å². The monoisotopic (exact) mass is 394 g/mol. The normalized spacial score (nSPS) is 30.6. The number of nitrogens with one attached hydrogen (secondary N) is 1. The molecule has 3 aliphatic heterocycles. The number of fused-ring (bicyclic) bond motifs is 3. The second-order valence-corrected chi connectivity index (χ2v) is 10.2. The third-order valence-electron chi connectivity index (χ3n) is 7.56. The van der Waals surface area contributed by atoms with Gasteiger partial charge < -0.3 is 5.32 Å². The molecule has 4 aliphatic rings. The van der Waals surface area contributed by atoms with Crippen LogP contribution in [0.5, 0.6) is 0 Å². The molecule has 150 valence electrons. The average Bonchev–Trinajstić information content (AvgIpc) is 3.29. The van der Waals surface area contributed by atoms with Gasteiger partial charge in [-0.1, -0.05) is 49.6 Å². The highest BCUT2D eigenvalue weighted by molar-refractivity contribution is 7.09. The van der Waals surface area contributed by atoms with E-state index in [4.69, 9.17) is 0 Å². The van der Waals surface area contributed by atoms with Crippen LogP contribution in [-0.4, -0.2) is 30.1 Å². The maximum Gasteiger partial charge on any atom is 0.0303 e. The van der Waals surface area contributed by atoms with Gasteiger partial charge >= 0.3 is 0 Å². The van der Waals surface area contributed by atoms with E-state index in [1.807, 2.05) is 11.3 Å². The van der Waals surface area contributed by atoms with E-state index in [0.717, 1.165) is 18.4 Å². The van der Waals surface area contributed by atoms with Crippen molar-refractivity contribution in [2.75, 3.05) is 13.1 Å². The van der Waals surface area contributed by atoms with Gasteiger partial charge in [0.2, 0.25) is 0 Å². The van der Waals surface area contributed by atoms with Gasteiger partial charge in [0.25, 0.3) is 0 Å². The molecular weight excluding hydrogens is 360 g/mol. The summed E-state index contributed by atoms with van der Waals surface area (Å²) in [6, 6.07) is 15.5. The maximum absolute atomic E-state index is 3.96. The van der Waals surface area contributed by atoms with Crippen LogP contribution in [0.2, 0.25) is 0 Å². The molecule has 2 atom stereocenters. The fourth-order valence-electron chi connectivity index (χ4n) is 5.95. The maximum atomic E-state index is 3.96. The molecule has 0 amide bonds. The molecule has 1 N–H and O–H groups in total. The lowest BCUT2D eigenvalue weighted by Crippen LogP contribution is -2.63. The summed E-state index contributed by atoms with van der Waals surface area (Å²) in [6.07, 6.45) is 11.0. The molecule has 2 nitrogen and oxygen atoms in total. The van der Waals surface area contributed by atoms with Crippen LogP contribution >= 0.6 is 11.3 Å². The summed E-state index contributed by atoms with van der Waals surface area (Å²) < 4.78 is 0. The average molecular weight is 395 g/mol. The zero-order chi connectivity index (χ0) is 18.8. The summed E-state index contributed by atoms with van der Waals surface area (Å²) in [5.41, 5.74) is 3.11. The zero-order valence-electron chi connectivity index (χ0n) is 17.0. The summed E-state index contributed by atoms with van der Waals surface area (Å²) in [4.78, 5) is 4.23. The molecule has 3 heteroatoms. The predicted molar refractivity (Wildman–Crippen MR) is 119 cm³/mol. The van der Waals surface area contributed by atoms with Gasteiger partial charge in [0.05, 0.1) is 0 Å². The molecule has 2 aromatic rings. The third-order valence-corrected chi connectivity index (χ3v) is 8.44. The van der Waals surface area contributed by atoms with E-state index >= 15 is 0 Å². The molecule has 6 rings (SSSR count). The Hall–Kier alpha value is -1.16. The van der Waals surface area contributed by atoms with Gasteiger partial charge in [-0.05, 0) is 79.6 Å². The van der Waals surface area contributed by atoms with Crippen molar-refractivity contribution in [3.05, 3.63) is 57.8 Å². The van der Waals surface area contributed by atoms with Crippen LogP contribution in [0.3, 0.4) is 0 Å². The van der Waals surface area contributed by atoms with Crippen LogP contribution in [0.15, 0.2) is 41.8 Å².